The monoisotopic (exact) mass is 367 g/mol. The molecule has 7 heteroatoms. The van der Waals surface area contributed by atoms with E-state index in [1.165, 1.54) is 0 Å². The van der Waals surface area contributed by atoms with Crippen molar-refractivity contribution in [2.45, 2.75) is 32.9 Å². The summed E-state index contributed by atoms with van der Waals surface area (Å²) in [5, 5.41) is 3.59. The maximum absolute atomic E-state index is 12.3. The fourth-order valence-electron chi connectivity index (χ4n) is 2.32. The molecule has 0 saturated heterocycles. The van der Waals surface area contributed by atoms with Crippen molar-refractivity contribution in [2.75, 3.05) is 13.6 Å². The first kappa shape index (κ1) is 21.0. The minimum absolute atomic E-state index is 0. The molecule has 0 bridgehead atoms. The van der Waals surface area contributed by atoms with E-state index in [0.29, 0.717) is 5.76 Å². The smallest absolute Gasteiger partial charge is 0.242 e. The van der Waals surface area contributed by atoms with Gasteiger partial charge in [0.1, 0.15) is 11.3 Å². The summed E-state index contributed by atoms with van der Waals surface area (Å²) in [6, 6.07) is 8.77. The van der Waals surface area contributed by atoms with Gasteiger partial charge in [-0.3, -0.25) is 9.59 Å². The van der Waals surface area contributed by atoms with E-state index < -0.39 is 6.04 Å². The van der Waals surface area contributed by atoms with Gasteiger partial charge in [0.15, 0.2) is 0 Å². The molecule has 0 radical (unpaired) electrons. The van der Waals surface area contributed by atoms with Crippen molar-refractivity contribution in [3.05, 3.63) is 36.1 Å². The van der Waals surface area contributed by atoms with Crippen LogP contribution in [0.15, 0.2) is 34.7 Å². The van der Waals surface area contributed by atoms with Crippen LogP contribution in [-0.2, 0) is 9.59 Å². The Kier molecular flexibility index (Phi) is 7.45. The van der Waals surface area contributed by atoms with E-state index in [2.05, 4.69) is 5.32 Å². The Bertz CT molecular complexity index is 696. The number of hydrogen-bond donors (Lipinski definition) is 2. The van der Waals surface area contributed by atoms with Crippen LogP contribution < -0.4 is 11.1 Å². The molecular formula is C18H26ClN3O3. The highest BCUT2D eigenvalue weighted by Gasteiger charge is 2.22. The molecule has 0 aliphatic rings. The van der Waals surface area contributed by atoms with Gasteiger partial charge in [-0.25, -0.2) is 0 Å². The second kappa shape index (κ2) is 8.87. The third-order valence-electron chi connectivity index (χ3n) is 4.27. The molecule has 2 amide bonds. The van der Waals surface area contributed by atoms with Gasteiger partial charge < -0.3 is 20.4 Å². The second-order valence-electron chi connectivity index (χ2n) is 6.35. The molecular weight excluding hydrogens is 342 g/mol. The topological polar surface area (TPSA) is 88.6 Å². The first-order chi connectivity index (χ1) is 11.3. The summed E-state index contributed by atoms with van der Waals surface area (Å²) < 4.78 is 5.80. The SMILES string of the molecule is CC(C)[C@H](N)C(=O)NCC(=O)N(C)C(C)c1cc2ccccc2o1.Cl. The first-order valence-electron chi connectivity index (χ1n) is 8.08. The van der Waals surface area contributed by atoms with Gasteiger partial charge in [0.05, 0.1) is 18.6 Å². The summed E-state index contributed by atoms with van der Waals surface area (Å²) in [4.78, 5) is 25.7. The van der Waals surface area contributed by atoms with E-state index in [-0.39, 0.29) is 42.7 Å². The van der Waals surface area contributed by atoms with Crippen LogP contribution in [0.2, 0.25) is 0 Å². The number of amides is 2. The number of nitrogens with two attached hydrogens (primary N) is 1. The Morgan fingerprint density at radius 3 is 2.48 bits per heavy atom. The maximum atomic E-state index is 12.3. The molecule has 25 heavy (non-hydrogen) atoms. The predicted octanol–water partition coefficient (Wildman–Crippen LogP) is 2.47. The van der Waals surface area contributed by atoms with Crippen molar-refractivity contribution in [2.24, 2.45) is 11.7 Å². The molecule has 1 unspecified atom stereocenters. The average Bonchev–Trinajstić information content (AvgIpc) is 3.01. The van der Waals surface area contributed by atoms with Gasteiger partial charge >= 0.3 is 0 Å². The number of para-hydroxylation sites is 1. The van der Waals surface area contributed by atoms with Gasteiger partial charge in [-0.05, 0) is 25.0 Å². The lowest BCUT2D eigenvalue weighted by Crippen LogP contribution is -2.47. The van der Waals surface area contributed by atoms with Crippen molar-refractivity contribution < 1.29 is 14.0 Å². The van der Waals surface area contributed by atoms with Crippen LogP contribution in [0.5, 0.6) is 0 Å². The summed E-state index contributed by atoms with van der Waals surface area (Å²) >= 11 is 0. The van der Waals surface area contributed by atoms with Crippen molar-refractivity contribution in [3.8, 4) is 0 Å². The fourth-order valence-corrected chi connectivity index (χ4v) is 2.32. The summed E-state index contributed by atoms with van der Waals surface area (Å²) in [6.07, 6.45) is 0. The Morgan fingerprint density at radius 1 is 1.24 bits per heavy atom. The quantitative estimate of drug-likeness (QED) is 0.820. The number of likely N-dealkylation sites (N-methyl/N-ethyl adjacent to an activating group) is 1. The fraction of sp³-hybridized carbons (Fsp3) is 0.444. The number of nitrogens with zero attached hydrogens (tertiary/aromatic N) is 1. The van der Waals surface area contributed by atoms with Crippen LogP contribution in [-0.4, -0.2) is 36.3 Å². The van der Waals surface area contributed by atoms with Crippen molar-refractivity contribution in [1.29, 1.82) is 0 Å². The van der Waals surface area contributed by atoms with Gasteiger partial charge in [0, 0.05) is 12.4 Å². The van der Waals surface area contributed by atoms with Gasteiger partial charge in [0.2, 0.25) is 11.8 Å². The lowest BCUT2D eigenvalue weighted by atomic mass is 10.1. The van der Waals surface area contributed by atoms with Crippen LogP contribution in [0.1, 0.15) is 32.6 Å². The van der Waals surface area contributed by atoms with Gasteiger partial charge in [-0.1, -0.05) is 32.0 Å². The zero-order valence-corrected chi connectivity index (χ0v) is 15.8. The van der Waals surface area contributed by atoms with E-state index in [1.807, 2.05) is 51.1 Å². The standard InChI is InChI=1S/C18H25N3O3.ClH/c1-11(2)17(19)18(23)20-10-16(22)21(4)12(3)15-9-13-7-5-6-8-14(13)24-15;/h5-9,11-12,17H,10,19H2,1-4H3,(H,20,23);1H/t12?,17-;/m0./s1. The second-order valence-corrected chi connectivity index (χ2v) is 6.35. The molecule has 1 aromatic heterocycles. The molecule has 1 heterocycles. The highest BCUT2D eigenvalue weighted by molar-refractivity contribution is 5.87. The van der Waals surface area contributed by atoms with E-state index in [9.17, 15) is 9.59 Å². The van der Waals surface area contributed by atoms with Gasteiger partial charge in [-0.2, -0.15) is 0 Å². The minimum Gasteiger partial charge on any atom is -0.459 e. The average molecular weight is 368 g/mol. The molecule has 0 fully saturated rings. The highest BCUT2D eigenvalue weighted by Crippen LogP contribution is 2.26. The minimum atomic E-state index is -0.615. The van der Waals surface area contributed by atoms with E-state index >= 15 is 0 Å². The molecule has 6 nitrogen and oxygen atoms in total. The molecule has 2 rings (SSSR count). The third kappa shape index (κ3) is 4.96. The first-order valence-corrected chi connectivity index (χ1v) is 8.08. The van der Waals surface area contributed by atoms with Crippen molar-refractivity contribution >= 4 is 35.2 Å². The predicted molar refractivity (Wildman–Crippen MR) is 100 cm³/mol. The van der Waals surface area contributed by atoms with E-state index in [4.69, 9.17) is 10.2 Å². The number of benzene rings is 1. The maximum Gasteiger partial charge on any atom is 0.242 e. The van der Waals surface area contributed by atoms with E-state index in [0.717, 1.165) is 11.0 Å². The van der Waals surface area contributed by atoms with Crippen molar-refractivity contribution in [1.82, 2.24) is 10.2 Å². The van der Waals surface area contributed by atoms with Gasteiger partial charge in [0.25, 0.3) is 0 Å². The summed E-state index contributed by atoms with van der Waals surface area (Å²) in [5.74, 6) is 0.208. The zero-order valence-electron chi connectivity index (χ0n) is 15.0. The molecule has 2 aromatic rings. The highest BCUT2D eigenvalue weighted by atomic mass is 35.5. The molecule has 0 saturated carbocycles. The van der Waals surface area contributed by atoms with Crippen LogP contribution in [0.3, 0.4) is 0 Å². The molecule has 3 N–H and O–H groups in total. The van der Waals surface area contributed by atoms with Crippen LogP contribution in [0, 0.1) is 5.92 Å². The number of nitrogens with one attached hydrogen (secondary N) is 1. The Morgan fingerprint density at radius 2 is 1.88 bits per heavy atom. The summed E-state index contributed by atoms with van der Waals surface area (Å²) in [6.45, 7) is 5.53. The molecule has 2 atom stereocenters. The molecule has 0 aliphatic carbocycles. The van der Waals surface area contributed by atoms with E-state index in [1.54, 1.807) is 11.9 Å². The Hall–Kier alpha value is -2.05. The molecule has 0 aliphatic heterocycles. The lowest BCUT2D eigenvalue weighted by molar-refractivity contribution is -0.134. The lowest BCUT2D eigenvalue weighted by Gasteiger charge is -2.24. The molecule has 0 spiro atoms. The summed E-state index contributed by atoms with van der Waals surface area (Å²) in [7, 11) is 1.69. The van der Waals surface area contributed by atoms with Crippen molar-refractivity contribution in [3.63, 3.8) is 0 Å². The largest absolute Gasteiger partial charge is 0.459 e. The van der Waals surface area contributed by atoms with Crippen LogP contribution in [0.25, 0.3) is 11.0 Å². The Balaban J connectivity index is 0.00000312. The zero-order chi connectivity index (χ0) is 17.9. The number of hydrogen-bond acceptors (Lipinski definition) is 4. The Labute approximate surface area is 154 Å². The third-order valence-corrected chi connectivity index (χ3v) is 4.27. The number of carbonyl (C=O) groups excluding carboxylic acids is 2. The van der Waals surface area contributed by atoms with Crippen LogP contribution in [0.4, 0.5) is 0 Å². The molecule has 1 aromatic carbocycles. The number of halogens is 1. The normalized spacial score (nSPS) is 13.2. The number of carbonyl (C=O) groups is 2. The van der Waals surface area contributed by atoms with Crippen LogP contribution >= 0.6 is 12.4 Å². The van der Waals surface area contributed by atoms with Gasteiger partial charge in [-0.15, -0.1) is 12.4 Å². The number of fused-ring (bicyclic) bond motifs is 1. The summed E-state index contributed by atoms with van der Waals surface area (Å²) in [5.41, 5.74) is 6.55. The number of furan rings is 1. The molecule has 138 valence electrons. The number of rotatable bonds is 6.